The number of nitrogens with one attached hydrogen (secondary N) is 1. The van der Waals surface area contributed by atoms with Crippen LogP contribution < -0.4 is 15.8 Å². The van der Waals surface area contributed by atoms with Crippen LogP contribution >= 0.6 is 0 Å². The van der Waals surface area contributed by atoms with Crippen LogP contribution in [0.15, 0.2) is 18.2 Å². The van der Waals surface area contributed by atoms with Gasteiger partial charge >= 0.3 is 5.97 Å². The molecule has 0 aliphatic rings. The molecule has 0 spiro atoms. The number of carbonyl (C=O) groups excluding carboxylic acids is 1. The number of rotatable bonds is 5. The molecule has 6 heteroatoms. The van der Waals surface area contributed by atoms with Crippen LogP contribution in [0.25, 0.3) is 0 Å². The Hall–Kier alpha value is -2.24. The number of hydrogen-bond acceptors (Lipinski definition) is 4. The van der Waals surface area contributed by atoms with Crippen molar-refractivity contribution in [1.82, 2.24) is 5.32 Å². The summed E-state index contributed by atoms with van der Waals surface area (Å²) in [5.74, 6) is -1.02. The first-order chi connectivity index (χ1) is 8.77. The molecule has 0 saturated carbocycles. The van der Waals surface area contributed by atoms with E-state index in [4.69, 9.17) is 15.6 Å². The Labute approximate surface area is 111 Å². The van der Waals surface area contributed by atoms with Crippen molar-refractivity contribution < 1.29 is 19.4 Å². The summed E-state index contributed by atoms with van der Waals surface area (Å²) in [6.45, 7) is 3.10. The predicted octanol–water partition coefficient (Wildman–Crippen LogP) is 1.12. The summed E-state index contributed by atoms with van der Waals surface area (Å²) in [5.41, 5.74) is 5.37. The molecule has 19 heavy (non-hydrogen) atoms. The van der Waals surface area contributed by atoms with Crippen LogP contribution in [-0.2, 0) is 4.79 Å². The molecular weight excluding hydrogens is 248 g/mol. The molecule has 0 saturated heterocycles. The lowest BCUT2D eigenvalue weighted by Gasteiger charge is -2.19. The summed E-state index contributed by atoms with van der Waals surface area (Å²) in [6.07, 6.45) is 0. The largest absolute Gasteiger partial charge is 0.496 e. The Kier molecular flexibility index (Phi) is 4.37. The molecular formula is C13H18N2O4. The number of carboxylic acids is 1. The second kappa shape index (κ2) is 5.60. The van der Waals surface area contributed by atoms with E-state index >= 15 is 0 Å². The first-order valence-corrected chi connectivity index (χ1v) is 5.73. The van der Waals surface area contributed by atoms with E-state index in [1.807, 2.05) is 0 Å². The maximum Gasteiger partial charge on any atom is 0.310 e. The number of ether oxygens (including phenoxy) is 1. The van der Waals surface area contributed by atoms with E-state index in [1.165, 1.54) is 33.1 Å². The topological polar surface area (TPSA) is 102 Å². The van der Waals surface area contributed by atoms with Crippen LogP contribution in [0.5, 0.6) is 5.75 Å². The zero-order valence-electron chi connectivity index (χ0n) is 11.2. The van der Waals surface area contributed by atoms with E-state index in [1.54, 1.807) is 6.07 Å². The molecule has 0 fully saturated rings. The molecule has 0 aromatic heterocycles. The van der Waals surface area contributed by atoms with Gasteiger partial charge in [0.1, 0.15) is 5.75 Å². The number of benzene rings is 1. The summed E-state index contributed by atoms with van der Waals surface area (Å²) in [5, 5.41) is 11.5. The molecule has 6 nitrogen and oxygen atoms in total. The van der Waals surface area contributed by atoms with E-state index in [0.717, 1.165) is 0 Å². The summed E-state index contributed by atoms with van der Waals surface area (Å²) >= 11 is 0. The smallest absolute Gasteiger partial charge is 0.310 e. The Morgan fingerprint density at radius 1 is 1.42 bits per heavy atom. The van der Waals surface area contributed by atoms with Gasteiger partial charge in [-0.15, -0.1) is 0 Å². The number of anilines is 1. The zero-order valence-corrected chi connectivity index (χ0v) is 11.2. The van der Waals surface area contributed by atoms with E-state index < -0.39 is 17.3 Å². The third-order valence-corrected chi connectivity index (χ3v) is 2.74. The maximum absolute atomic E-state index is 12.0. The third-order valence-electron chi connectivity index (χ3n) is 2.74. The molecule has 0 unspecified atom stereocenters. The lowest BCUT2D eigenvalue weighted by atomic mass is 9.94. The number of hydrogen-bond donors (Lipinski definition) is 3. The number of amides is 1. The van der Waals surface area contributed by atoms with Crippen molar-refractivity contribution in [2.75, 3.05) is 19.4 Å². The van der Waals surface area contributed by atoms with Gasteiger partial charge in [0.15, 0.2) is 0 Å². The fraction of sp³-hybridized carbons (Fsp3) is 0.385. The molecule has 104 valence electrons. The molecule has 0 atom stereocenters. The normalized spacial score (nSPS) is 10.9. The van der Waals surface area contributed by atoms with Crippen LogP contribution in [0.3, 0.4) is 0 Å². The minimum atomic E-state index is -1.03. The summed E-state index contributed by atoms with van der Waals surface area (Å²) < 4.78 is 5.07. The molecule has 0 aliphatic heterocycles. The fourth-order valence-corrected chi connectivity index (χ4v) is 1.37. The highest BCUT2D eigenvalue weighted by Crippen LogP contribution is 2.22. The number of methoxy groups -OCH3 is 1. The van der Waals surface area contributed by atoms with Gasteiger partial charge in [-0.1, -0.05) is 0 Å². The Bertz CT molecular complexity index is 497. The van der Waals surface area contributed by atoms with Crippen molar-refractivity contribution in [2.24, 2.45) is 5.41 Å². The highest BCUT2D eigenvalue weighted by Gasteiger charge is 2.28. The van der Waals surface area contributed by atoms with Crippen molar-refractivity contribution in [3.63, 3.8) is 0 Å². The van der Waals surface area contributed by atoms with E-state index in [2.05, 4.69) is 5.32 Å². The summed E-state index contributed by atoms with van der Waals surface area (Å²) in [6, 6.07) is 4.66. The van der Waals surface area contributed by atoms with Crippen molar-refractivity contribution >= 4 is 17.6 Å². The van der Waals surface area contributed by atoms with Crippen LogP contribution in [0.2, 0.25) is 0 Å². The molecule has 4 N–H and O–H groups in total. The monoisotopic (exact) mass is 266 g/mol. The number of aliphatic carboxylic acids is 1. The van der Waals surface area contributed by atoms with Gasteiger partial charge in [0.25, 0.3) is 5.91 Å². The molecule has 1 aromatic rings. The van der Waals surface area contributed by atoms with Crippen LogP contribution in [0.4, 0.5) is 5.69 Å². The van der Waals surface area contributed by atoms with Crippen molar-refractivity contribution in [3.05, 3.63) is 23.8 Å². The second-order valence-corrected chi connectivity index (χ2v) is 4.83. The summed E-state index contributed by atoms with van der Waals surface area (Å²) in [7, 11) is 1.44. The average molecular weight is 266 g/mol. The Morgan fingerprint density at radius 3 is 2.58 bits per heavy atom. The van der Waals surface area contributed by atoms with Crippen LogP contribution in [0.1, 0.15) is 24.2 Å². The van der Waals surface area contributed by atoms with Gasteiger partial charge in [0.05, 0.1) is 18.1 Å². The molecule has 0 heterocycles. The predicted molar refractivity (Wildman–Crippen MR) is 71.2 cm³/mol. The van der Waals surface area contributed by atoms with Gasteiger partial charge < -0.3 is 20.9 Å². The van der Waals surface area contributed by atoms with Crippen molar-refractivity contribution in [1.29, 1.82) is 0 Å². The SMILES string of the molecule is COc1cc(N)ccc1C(=O)NCC(C)(C)C(=O)O. The van der Waals surface area contributed by atoms with Crippen molar-refractivity contribution in [2.45, 2.75) is 13.8 Å². The Morgan fingerprint density at radius 2 is 2.05 bits per heavy atom. The van der Waals surface area contributed by atoms with Gasteiger partial charge in [0.2, 0.25) is 0 Å². The van der Waals surface area contributed by atoms with Gasteiger partial charge in [-0.2, -0.15) is 0 Å². The lowest BCUT2D eigenvalue weighted by Crippen LogP contribution is -2.39. The third kappa shape index (κ3) is 3.61. The standard InChI is InChI=1S/C13H18N2O4/c1-13(2,12(17)18)7-15-11(16)9-5-4-8(14)6-10(9)19-3/h4-6H,7,14H2,1-3H3,(H,15,16)(H,17,18). The first kappa shape index (κ1) is 14.8. The highest BCUT2D eigenvalue weighted by molar-refractivity contribution is 5.97. The first-order valence-electron chi connectivity index (χ1n) is 5.73. The fourth-order valence-electron chi connectivity index (χ4n) is 1.37. The minimum absolute atomic E-state index is 0.0225. The van der Waals surface area contributed by atoms with Gasteiger partial charge in [0, 0.05) is 18.3 Å². The molecule has 1 amide bonds. The van der Waals surface area contributed by atoms with E-state index in [-0.39, 0.29) is 6.54 Å². The van der Waals surface area contributed by atoms with Crippen molar-refractivity contribution in [3.8, 4) is 5.75 Å². The number of nitrogens with two attached hydrogens (primary N) is 1. The van der Waals surface area contributed by atoms with Crippen LogP contribution in [0, 0.1) is 5.41 Å². The highest BCUT2D eigenvalue weighted by atomic mass is 16.5. The molecule has 1 aromatic carbocycles. The van der Waals surface area contributed by atoms with E-state index in [9.17, 15) is 9.59 Å². The zero-order chi connectivity index (χ0) is 14.6. The molecule has 0 bridgehead atoms. The molecule has 0 radical (unpaired) electrons. The summed E-state index contributed by atoms with van der Waals surface area (Å²) in [4.78, 5) is 22.9. The molecule has 0 aliphatic carbocycles. The lowest BCUT2D eigenvalue weighted by molar-refractivity contribution is -0.146. The average Bonchev–Trinajstić information content (AvgIpc) is 2.35. The van der Waals surface area contributed by atoms with Gasteiger partial charge in [-0.25, -0.2) is 0 Å². The Balaban J connectivity index is 2.82. The number of nitrogen functional groups attached to an aromatic ring is 1. The minimum Gasteiger partial charge on any atom is -0.496 e. The number of carboxylic acid groups (broad SMARTS) is 1. The second-order valence-electron chi connectivity index (χ2n) is 4.83. The maximum atomic E-state index is 12.0. The number of carbonyl (C=O) groups is 2. The van der Waals surface area contributed by atoms with Gasteiger partial charge in [-0.3, -0.25) is 9.59 Å². The van der Waals surface area contributed by atoms with Crippen LogP contribution in [-0.4, -0.2) is 30.6 Å². The van der Waals surface area contributed by atoms with E-state index in [0.29, 0.717) is 17.0 Å². The van der Waals surface area contributed by atoms with Gasteiger partial charge in [-0.05, 0) is 26.0 Å². The molecule has 1 rings (SSSR count). The quantitative estimate of drug-likeness (QED) is 0.693.